The molecule has 0 aliphatic carbocycles. The molecule has 16 heavy (non-hydrogen) atoms. The van der Waals surface area contributed by atoms with Crippen molar-refractivity contribution in [1.82, 2.24) is 21.7 Å². The minimum Gasteiger partial charge on any atom is -0.251 e. The van der Waals surface area contributed by atoms with Gasteiger partial charge < -0.3 is 0 Å². The van der Waals surface area contributed by atoms with Crippen molar-refractivity contribution in [3.8, 4) is 0 Å². The molecule has 0 aliphatic heterocycles. The zero-order valence-corrected chi connectivity index (χ0v) is 13.8. The van der Waals surface area contributed by atoms with Gasteiger partial charge in [-0.1, -0.05) is 6.08 Å². The SMILES string of the molecule is C=CC([SiH3])(NNC(C)(C)C)NNC(C)(C)C. The number of hydrogen-bond donors (Lipinski definition) is 4. The third kappa shape index (κ3) is 8.01. The quantitative estimate of drug-likeness (QED) is 0.238. The highest BCUT2D eigenvalue weighted by molar-refractivity contribution is 6.16. The van der Waals surface area contributed by atoms with Gasteiger partial charge in [0.1, 0.15) is 0 Å². The van der Waals surface area contributed by atoms with Crippen LogP contribution >= 0.6 is 0 Å². The van der Waals surface area contributed by atoms with E-state index in [0.717, 1.165) is 10.2 Å². The summed E-state index contributed by atoms with van der Waals surface area (Å²) in [6.07, 6.45) is 1.89. The second-order valence-electron chi connectivity index (χ2n) is 6.41. The van der Waals surface area contributed by atoms with Crippen LogP contribution in [0.4, 0.5) is 0 Å². The molecule has 0 saturated carbocycles. The maximum atomic E-state index is 3.86. The van der Waals surface area contributed by atoms with Crippen LogP contribution in [0.15, 0.2) is 12.7 Å². The Morgan fingerprint density at radius 2 is 1.12 bits per heavy atom. The molecule has 0 unspecified atom stereocenters. The molecule has 0 atom stereocenters. The lowest BCUT2D eigenvalue weighted by molar-refractivity contribution is 0.241. The lowest BCUT2D eigenvalue weighted by Crippen LogP contribution is -2.69. The van der Waals surface area contributed by atoms with Gasteiger partial charge in [-0.3, -0.25) is 10.9 Å². The van der Waals surface area contributed by atoms with Gasteiger partial charge in [-0.2, -0.15) is 0 Å². The third-order valence-corrected chi connectivity index (χ3v) is 2.71. The summed E-state index contributed by atoms with van der Waals surface area (Å²) < 4.78 is 0. The van der Waals surface area contributed by atoms with Crippen LogP contribution in [0.2, 0.25) is 0 Å². The Morgan fingerprint density at radius 3 is 1.31 bits per heavy atom. The van der Waals surface area contributed by atoms with Gasteiger partial charge in [0, 0.05) is 11.1 Å². The Morgan fingerprint density at radius 1 is 0.812 bits per heavy atom. The number of nitrogens with one attached hydrogen (secondary N) is 4. The summed E-state index contributed by atoms with van der Waals surface area (Å²) in [5.41, 5.74) is 13.1. The van der Waals surface area contributed by atoms with Gasteiger partial charge in [0.2, 0.25) is 0 Å². The summed E-state index contributed by atoms with van der Waals surface area (Å²) in [5.74, 6) is 0. The predicted octanol–water partition coefficient (Wildman–Crippen LogP) is -0.0230. The number of hydrazine groups is 2. The number of rotatable bonds is 5. The maximum absolute atomic E-state index is 3.86. The van der Waals surface area contributed by atoms with Gasteiger partial charge in [0.15, 0.2) is 0 Å². The predicted molar refractivity (Wildman–Crippen MR) is 74.9 cm³/mol. The summed E-state index contributed by atoms with van der Waals surface area (Å²) in [7, 11) is 0.891. The van der Waals surface area contributed by atoms with Gasteiger partial charge in [0.25, 0.3) is 0 Å². The maximum Gasteiger partial charge on any atom is 0.0901 e. The van der Waals surface area contributed by atoms with Crippen molar-refractivity contribution in [1.29, 1.82) is 0 Å². The van der Waals surface area contributed by atoms with E-state index in [-0.39, 0.29) is 16.4 Å². The molecule has 0 aromatic rings. The van der Waals surface area contributed by atoms with Crippen LogP contribution in [0.25, 0.3) is 0 Å². The van der Waals surface area contributed by atoms with Crippen molar-refractivity contribution in [3.63, 3.8) is 0 Å². The first-order valence-corrected chi connectivity index (χ1v) is 6.70. The molecule has 5 heteroatoms. The van der Waals surface area contributed by atoms with Crippen LogP contribution in [0.3, 0.4) is 0 Å². The molecule has 0 bridgehead atoms. The largest absolute Gasteiger partial charge is 0.251 e. The average Bonchev–Trinajstić information content (AvgIpc) is 2.09. The summed E-state index contributed by atoms with van der Waals surface area (Å²) in [4.78, 5) is 0. The zero-order chi connectivity index (χ0) is 13.0. The second kappa shape index (κ2) is 5.42. The standard InChI is InChI=1S/C11H28N4Si/c1-8-11(16,14-12-9(2,3)4)15-13-10(5,6)7/h8,12-15H,1H2,2-7,16H3. The van der Waals surface area contributed by atoms with Crippen molar-refractivity contribution in [2.75, 3.05) is 0 Å². The Bertz CT molecular complexity index is 209. The molecular weight excluding hydrogens is 216 g/mol. The fraction of sp³-hybridized carbons (Fsp3) is 0.818. The molecule has 4 nitrogen and oxygen atoms in total. The van der Waals surface area contributed by atoms with Crippen LogP contribution in [0, 0.1) is 0 Å². The number of hydrogen-bond acceptors (Lipinski definition) is 4. The van der Waals surface area contributed by atoms with E-state index >= 15 is 0 Å². The molecule has 0 heterocycles. The Balaban J connectivity index is 4.27. The molecule has 0 aromatic heterocycles. The Kier molecular flexibility index (Phi) is 5.35. The first-order chi connectivity index (χ1) is 6.97. The van der Waals surface area contributed by atoms with Crippen LogP contribution in [0.5, 0.6) is 0 Å². The zero-order valence-electron chi connectivity index (χ0n) is 11.8. The minimum atomic E-state index is -0.263. The molecule has 0 fully saturated rings. The summed E-state index contributed by atoms with van der Waals surface area (Å²) in [6.45, 7) is 16.5. The first-order valence-electron chi connectivity index (χ1n) is 5.70. The van der Waals surface area contributed by atoms with Crippen molar-refractivity contribution in [2.24, 2.45) is 0 Å². The molecule has 0 aliphatic rings. The summed E-state index contributed by atoms with van der Waals surface area (Å²) in [5, 5.41) is -0.263. The van der Waals surface area contributed by atoms with Crippen LogP contribution in [0.1, 0.15) is 41.5 Å². The van der Waals surface area contributed by atoms with Crippen molar-refractivity contribution in [2.45, 2.75) is 57.9 Å². The smallest absolute Gasteiger partial charge is 0.0901 e. The van der Waals surface area contributed by atoms with Crippen LogP contribution in [-0.4, -0.2) is 26.6 Å². The summed E-state index contributed by atoms with van der Waals surface area (Å²) in [6, 6.07) is 0. The fourth-order valence-electron chi connectivity index (χ4n) is 0.768. The van der Waals surface area contributed by atoms with E-state index in [9.17, 15) is 0 Å². The lowest BCUT2D eigenvalue weighted by atomic mass is 10.1. The highest BCUT2D eigenvalue weighted by Crippen LogP contribution is 2.01. The van der Waals surface area contributed by atoms with E-state index in [1.54, 1.807) is 0 Å². The van der Waals surface area contributed by atoms with Crippen LogP contribution < -0.4 is 21.7 Å². The topological polar surface area (TPSA) is 48.1 Å². The molecular formula is C11H28N4Si. The minimum absolute atomic E-state index is 0.0298. The van der Waals surface area contributed by atoms with Gasteiger partial charge in [-0.05, 0) is 41.5 Å². The molecule has 0 spiro atoms. The van der Waals surface area contributed by atoms with E-state index < -0.39 is 0 Å². The van der Waals surface area contributed by atoms with E-state index in [1.165, 1.54) is 0 Å². The molecule has 4 N–H and O–H groups in total. The van der Waals surface area contributed by atoms with Crippen LogP contribution in [-0.2, 0) is 0 Å². The monoisotopic (exact) mass is 244 g/mol. The normalized spacial score (nSPS) is 14.1. The average molecular weight is 244 g/mol. The molecule has 0 amide bonds. The Hall–Kier alpha value is -0.203. The van der Waals surface area contributed by atoms with E-state index in [2.05, 4.69) is 69.8 Å². The van der Waals surface area contributed by atoms with Crippen molar-refractivity contribution in [3.05, 3.63) is 12.7 Å². The molecule has 0 saturated heterocycles. The van der Waals surface area contributed by atoms with E-state index in [4.69, 9.17) is 0 Å². The third-order valence-electron chi connectivity index (χ3n) is 1.80. The highest BCUT2D eigenvalue weighted by Gasteiger charge is 2.23. The van der Waals surface area contributed by atoms with Gasteiger partial charge in [-0.25, -0.2) is 10.9 Å². The van der Waals surface area contributed by atoms with E-state index in [1.807, 2.05) is 6.08 Å². The van der Waals surface area contributed by atoms with Gasteiger partial charge >= 0.3 is 0 Å². The molecule has 0 aromatic carbocycles. The van der Waals surface area contributed by atoms with Crippen molar-refractivity contribution >= 4 is 10.2 Å². The fourth-order valence-corrected chi connectivity index (χ4v) is 1.02. The van der Waals surface area contributed by atoms with Gasteiger partial charge in [0.05, 0.1) is 15.5 Å². The highest BCUT2D eigenvalue weighted by atomic mass is 28.1. The summed E-state index contributed by atoms with van der Waals surface area (Å²) >= 11 is 0. The van der Waals surface area contributed by atoms with E-state index in [0.29, 0.717) is 0 Å². The van der Waals surface area contributed by atoms with Crippen molar-refractivity contribution < 1.29 is 0 Å². The molecule has 96 valence electrons. The second-order valence-corrected chi connectivity index (χ2v) is 7.98. The Labute approximate surface area is 103 Å². The molecule has 0 rings (SSSR count). The van der Waals surface area contributed by atoms with Gasteiger partial charge in [-0.15, -0.1) is 6.58 Å². The lowest BCUT2D eigenvalue weighted by Gasteiger charge is -2.36. The first kappa shape index (κ1) is 15.8. The molecule has 0 radical (unpaired) electrons.